The van der Waals surface area contributed by atoms with E-state index in [2.05, 4.69) is 10.0 Å². The summed E-state index contributed by atoms with van der Waals surface area (Å²) in [7, 11) is -3.51. The number of anilines is 1. The molecule has 0 radical (unpaired) electrons. The molecule has 0 saturated carbocycles. The van der Waals surface area contributed by atoms with Gasteiger partial charge >= 0.3 is 6.03 Å². The largest absolute Gasteiger partial charge is 0.351 e. The van der Waals surface area contributed by atoms with Gasteiger partial charge in [0.25, 0.3) is 5.91 Å². The monoisotopic (exact) mass is 408 g/mol. The summed E-state index contributed by atoms with van der Waals surface area (Å²) < 4.78 is 27.6. The first kappa shape index (κ1) is 19.3. The predicted molar refractivity (Wildman–Crippen MR) is 103 cm³/mol. The van der Waals surface area contributed by atoms with Crippen molar-refractivity contribution in [2.45, 2.75) is 23.1 Å². The van der Waals surface area contributed by atoms with Crippen molar-refractivity contribution >= 4 is 39.0 Å². The van der Waals surface area contributed by atoms with Crippen LogP contribution in [0.3, 0.4) is 0 Å². The number of primary amides is 1. The number of urea groups is 1. The van der Waals surface area contributed by atoms with Crippen molar-refractivity contribution in [1.29, 1.82) is 0 Å². The first-order valence-electron chi connectivity index (χ1n) is 8.37. The number of benzene rings is 1. The van der Waals surface area contributed by atoms with Crippen LogP contribution in [-0.4, -0.2) is 44.4 Å². The lowest BCUT2D eigenvalue weighted by atomic mass is 10.0. The van der Waals surface area contributed by atoms with E-state index in [0.717, 1.165) is 0 Å². The van der Waals surface area contributed by atoms with Gasteiger partial charge in [-0.05, 0) is 42.5 Å². The van der Waals surface area contributed by atoms with Gasteiger partial charge in [-0.3, -0.25) is 4.79 Å². The van der Waals surface area contributed by atoms with E-state index in [1.54, 1.807) is 46.7 Å². The van der Waals surface area contributed by atoms with Gasteiger partial charge in [-0.2, -0.15) is 0 Å². The first-order valence-corrected chi connectivity index (χ1v) is 10.7. The molecule has 8 nitrogen and oxygen atoms in total. The fourth-order valence-electron chi connectivity index (χ4n) is 2.95. The molecule has 0 spiro atoms. The van der Waals surface area contributed by atoms with Gasteiger partial charge < -0.3 is 16.0 Å². The molecule has 4 N–H and O–H groups in total. The molecule has 1 aromatic heterocycles. The van der Waals surface area contributed by atoms with Crippen LogP contribution in [0.25, 0.3) is 0 Å². The van der Waals surface area contributed by atoms with E-state index in [9.17, 15) is 18.0 Å². The molecule has 2 aromatic rings. The van der Waals surface area contributed by atoms with Gasteiger partial charge in [-0.15, -0.1) is 11.3 Å². The van der Waals surface area contributed by atoms with Crippen LogP contribution in [0.15, 0.2) is 46.0 Å². The average Bonchev–Trinajstić information content (AvgIpc) is 3.17. The van der Waals surface area contributed by atoms with Gasteiger partial charge in [-0.1, -0.05) is 12.1 Å². The molecule has 2 heterocycles. The highest BCUT2D eigenvalue weighted by Crippen LogP contribution is 2.20. The summed E-state index contributed by atoms with van der Waals surface area (Å²) in [5, 5.41) is 4.16. The summed E-state index contributed by atoms with van der Waals surface area (Å²) in [4.78, 5) is 25.3. The molecule has 0 unspecified atom stereocenters. The fraction of sp³-hybridized carbons (Fsp3) is 0.294. The number of sulfonamides is 1. The number of rotatable bonds is 5. The van der Waals surface area contributed by atoms with E-state index in [1.165, 1.54) is 11.3 Å². The number of nitrogens with two attached hydrogens (primary N) is 1. The van der Waals surface area contributed by atoms with Crippen LogP contribution in [0, 0.1) is 0 Å². The first-order chi connectivity index (χ1) is 12.8. The maximum Gasteiger partial charge on any atom is 0.316 e. The molecule has 0 aliphatic carbocycles. The molecule has 27 heavy (non-hydrogen) atoms. The van der Waals surface area contributed by atoms with E-state index in [-0.39, 0.29) is 11.9 Å². The SMILES string of the molecule is NC(=O)Nc1cccc(C(=O)N2CCC(NS(=O)(=O)c3cccs3)CC2)c1. The van der Waals surface area contributed by atoms with Crippen LogP contribution in [0.4, 0.5) is 10.5 Å². The van der Waals surface area contributed by atoms with Crippen molar-refractivity contribution in [3.63, 3.8) is 0 Å². The molecule has 144 valence electrons. The Morgan fingerprint density at radius 2 is 1.89 bits per heavy atom. The van der Waals surface area contributed by atoms with Crippen LogP contribution < -0.4 is 15.8 Å². The second kappa shape index (κ2) is 8.07. The molecule has 1 aromatic carbocycles. The van der Waals surface area contributed by atoms with E-state index < -0.39 is 16.1 Å². The van der Waals surface area contributed by atoms with E-state index in [1.807, 2.05) is 0 Å². The van der Waals surface area contributed by atoms with Gasteiger partial charge in [0.2, 0.25) is 10.0 Å². The molecule has 10 heteroatoms. The highest BCUT2D eigenvalue weighted by atomic mass is 32.2. The molecule has 3 rings (SSSR count). The summed E-state index contributed by atoms with van der Waals surface area (Å²) in [6, 6.07) is 8.91. The van der Waals surface area contributed by atoms with Crippen molar-refractivity contribution < 1.29 is 18.0 Å². The third kappa shape index (κ3) is 4.85. The topological polar surface area (TPSA) is 122 Å². The Bertz CT molecular complexity index is 920. The number of carbonyl (C=O) groups excluding carboxylic acids is 2. The Morgan fingerprint density at radius 3 is 2.52 bits per heavy atom. The van der Waals surface area contributed by atoms with Gasteiger partial charge in [0.15, 0.2) is 0 Å². The van der Waals surface area contributed by atoms with Gasteiger partial charge in [0.1, 0.15) is 4.21 Å². The highest BCUT2D eigenvalue weighted by Gasteiger charge is 2.27. The Hall–Kier alpha value is -2.43. The van der Waals surface area contributed by atoms with E-state index >= 15 is 0 Å². The molecule has 1 saturated heterocycles. The minimum Gasteiger partial charge on any atom is -0.351 e. The summed E-state index contributed by atoms with van der Waals surface area (Å²) in [6.45, 7) is 0.897. The minimum atomic E-state index is -3.51. The summed E-state index contributed by atoms with van der Waals surface area (Å²) in [5.74, 6) is -0.164. The molecular formula is C17H20N4O4S2. The quantitative estimate of drug-likeness (QED) is 0.698. The Labute approximate surface area is 161 Å². The predicted octanol–water partition coefficient (Wildman–Crippen LogP) is 1.82. The lowest BCUT2D eigenvalue weighted by Crippen LogP contribution is -2.46. The zero-order valence-corrected chi connectivity index (χ0v) is 16.1. The van der Waals surface area contributed by atoms with Gasteiger partial charge in [0, 0.05) is 30.4 Å². The second-order valence-corrected chi connectivity index (χ2v) is 9.08. The Balaban J connectivity index is 1.59. The van der Waals surface area contributed by atoms with Gasteiger partial charge in [0.05, 0.1) is 0 Å². The maximum atomic E-state index is 12.7. The zero-order valence-electron chi connectivity index (χ0n) is 14.4. The van der Waals surface area contributed by atoms with E-state index in [4.69, 9.17) is 5.73 Å². The molecule has 3 amide bonds. The molecule has 1 fully saturated rings. The normalized spacial score (nSPS) is 15.5. The van der Waals surface area contributed by atoms with Crippen LogP contribution in [0.2, 0.25) is 0 Å². The molecule has 0 atom stereocenters. The standard InChI is InChI=1S/C17H20N4O4S2/c18-17(23)19-14-4-1-3-12(11-14)16(22)21-8-6-13(7-9-21)20-27(24,25)15-5-2-10-26-15/h1-5,10-11,13,20H,6-9H2,(H3,18,19,23). The number of hydrogen-bond acceptors (Lipinski definition) is 5. The maximum absolute atomic E-state index is 12.7. The lowest BCUT2D eigenvalue weighted by Gasteiger charge is -2.32. The lowest BCUT2D eigenvalue weighted by molar-refractivity contribution is 0.0711. The van der Waals surface area contributed by atoms with Crippen molar-refractivity contribution in [3.05, 3.63) is 47.3 Å². The number of hydrogen-bond donors (Lipinski definition) is 3. The number of carbonyl (C=O) groups is 2. The number of amides is 3. The molecule has 1 aliphatic rings. The number of piperidine rings is 1. The highest BCUT2D eigenvalue weighted by molar-refractivity contribution is 7.91. The van der Waals surface area contributed by atoms with Crippen LogP contribution >= 0.6 is 11.3 Å². The van der Waals surface area contributed by atoms with E-state index in [0.29, 0.717) is 41.4 Å². The van der Waals surface area contributed by atoms with Crippen LogP contribution in [0.5, 0.6) is 0 Å². The minimum absolute atomic E-state index is 0.164. The number of nitrogens with one attached hydrogen (secondary N) is 2. The van der Waals surface area contributed by atoms with Crippen LogP contribution in [-0.2, 0) is 10.0 Å². The van der Waals surface area contributed by atoms with Crippen LogP contribution in [0.1, 0.15) is 23.2 Å². The second-order valence-electron chi connectivity index (χ2n) is 6.19. The van der Waals surface area contributed by atoms with Crippen molar-refractivity contribution in [2.75, 3.05) is 18.4 Å². The average molecular weight is 409 g/mol. The summed E-state index contributed by atoms with van der Waals surface area (Å²) in [5.41, 5.74) is 5.99. The molecule has 0 bridgehead atoms. The smallest absolute Gasteiger partial charge is 0.316 e. The number of likely N-dealkylation sites (tertiary alicyclic amines) is 1. The Kier molecular flexibility index (Phi) is 5.78. The fourth-order valence-corrected chi connectivity index (χ4v) is 5.26. The van der Waals surface area contributed by atoms with Crippen molar-refractivity contribution in [1.82, 2.24) is 9.62 Å². The van der Waals surface area contributed by atoms with Gasteiger partial charge in [-0.25, -0.2) is 17.9 Å². The van der Waals surface area contributed by atoms with Crippen molar-refractivity contribution in [2.24, 2.45) is 5.73 Å². The number of nitrogens with zero attached hydrogens (tertiary/aromatic N) is 1. The Morgan fingerprint density at radius 1 is 1.15 bits per heavy atom. The third-order valence-electron chi connectivity index (χ3n) is 4.24. The molecular weight excluding hydrogens is 388 g/mol. The summed E-state index contributed by atoms with van der Waals surface area (Å²) >= 11 is 1.17. The number of thiophene rings is 1. The summed E-state index contributed by atoms with van der Waals surface area (Å²) in [6.07, 6.45) is 1.07. The van der Waals surface area contributed by atoms with Crippen molar-refractivity contribution in [3.8, 4) is 0 Å². The zero-order chi connectivity index (χ0) is 19.4. The third-order valence-corrected chi connectivity index (χ3v) is 7.16. The molecule has 1 aliphatic heterocycles.